The normalized spacial score (nSPS) is 32.2. The number of carbonyl (C=O) groups excluding carboxylic acids is 1. The van der Waals surface area contributed by atoms with Gasteiger partial charge in [0.1, 0.15) is 0 Å². The number of hydrogen-bond acceptors (Lipinski definition) is 3. The summed E-state index contributed by atoms with van der Waals surface area (Å²) in [5, 5.41) is 12.8. The van der Waals surface area contributed by atoms with Crippen molar-refractivity contribution in [3.63, 3.8) is 0 Å². The Labute approximate surface area is 166 Å². The maximum Gasteiger partial charge on any atom is 0.317 e. The molecule has 2 unspecified atom stereocenters. The van der Waals surface area contributed by atoms with Crippen molar-refractivity contribution < 1.29 is 19.4 Å². The summed E-state index contributed by atoms with van der Waals surface area (Å²) in [5.41, 5.74) is 1.65. The molecule has 28 heavy (non-hydrogen) atoms. The number of rotatable bonds is 4. The maximum absolute atomic E-state index is 12.8. The third kappa shape index (κ3) is 3.50. The van der Waals surface area contributed by atoms with Crippen LogP contribution in [0.25, 0.3) is 0 Å². The molecule has 2 heterocycles. The Hall–Kier alpha value is -2.08. The van der Waals surface area contributed by atoms with Crippen LogP contribution in [0.4, 0.5) is 4.79 Å². The predicted molar refractivity (Wildman–Crippen MR) is 105 cm³/mol. The molecule has 6 heteroatoms. The maximum atomic E-state index is 12.8. The number of hydrogen-bond donors (Lipinski definition) is 2. The molecule has 4 atom stereocenters. The fraction of sp³-hybridized carbons (Fsp3) is 0.636. The second-order valence-electron chi connectivity index (χ2n) is 8.72. The van der Waals surface area contributed by atoms with Gasteiger partial charge in [-0.1, -0.05) is 36.2 Å². The highest BCUT2D eigenvalue weighted by molar-refractivity contribution is 5.80. The molecule has 152 valence electrons. The van der Waals surface area contributed by atoms with Gasteiger partial charge in [0.25, 0.3) is 0 Å². The van der Waals surface area contributed by atoms with Crippen molar-refractivity contribution >= 4 is 12.0 Å². The zero-order chi connectivity index (χ0) is 19.7. The monoisotopic (exact) mass is 386 g/mol. The lowest BCUT2D eigenvalue weighted by molar-refractivity contribution is -0.149. The summed E-state index contributed by atoms with van der Waals surface area (Å²) in [6, 6.07) is 8.27. The number of carboxylic acids is 1. The van der Waals surface area contributed by atoms with Crippen LogP contribution < -0.4 is 5.32 Å². The Balaban J connectivity index is 1.37. The van der Waals surface area contributed by atoms with Crippen molar-refractivity contribution in [3.05, 3.63) is 35.4 Å². The zero-order valence-electron chi connectivity index (χ0n) is 16.5. The third-order valence-electron chi connectivity index (χ3n) is 6.95. The fourth-order valence-corrected chi connectivity index (χ4v) is 5.30. The molecule has 2 aliphatic heterocycles. The SMILES string of the molecule is Cc1ccc(C2OCCCC2CNC(=O)N2C[C@@H]3CCC[C@@]3(C(=O)O)C2)cc1. The van der Waals surface area contributed by atoms with Gasteiger partial charge in [-0.05, 0) is 44.1 Å². The quantitative estimate of drug-likeness (QED) is 0.832. The minimum atomic E-state index is -0.745. The lowest BCUT2D eigenvalue weighted by atomic mass is 9.81. The Kier molecular flexibility index (Phi) is 5.32. The summed E-state index contributed by atoms with van der Waals surface area (Å²) >= 11 is 0. The van der Waals surface area contributed by atoms with Crippen molar-refractivity contribution in [1.29, 1.82) is 0 Å². The Bertz CT molecular complexity index is 735. The van der Waals surface area contributed by atoms with Crippen LogP contribution in [0.2, 0.25) is 0 Å². The molecule has 0 bridgehead atoms. The average molecular weight is 386 g/mol. The minimum Gasteiger partial charge on any atom is -0.481 e. The number of ether oxygens (including phenoxy) is 1. The van der Waals surface area contributed by atoms with E-state index in [0.29, 0.717) is 26.1 Å². The highest BCUT2D eigenvalue weighted by Crippen LogP contribution is 2.48. The van der Waals surface area contributed by atoms with E-state index >= 15 is 0 Å². The molecule has 0 spiro atoms. The predicted octanol–water partition coefficient (Wildman–Crippen LogP) is 3.36. The second-order valence-corrected chi connectivity index (χ2v) is 8.72. The van der Waals surface area contributed by atoms with E-state index in [4.69, 9.17) is 4.74 Å². The van der Waals surface area contributed by atoms with Gasteiger partial charge in [0, 0.05) is 32.2 Å². The van der Waals surface area contributed by atoms with Crippen LogP contribution >= 0.6 is 0 Å². The van der Waals surface area contributed by atoms with Crippen molar-refractivity contribution in [3.8, 4) is 0 Å². The molecule has 1 aromatic rings. The number of benzene rings is 1. The topological polar surface area (TPSA) is 78.9 Å². The first kappa shape index (κ1) is 19.2. The molecule has 0 radical (unpaired) electrons. The van der Waals surface area contributed by atoms with E-state index in [1.54, 1.807) is 4.90 Å². The molecule has 2 saturated heterocycles. The van der Waals surface area contributed by atoms with E-state index in [-0.39, 0.29) is 24.0 Å². The van der Waals surface area contributed by atoms with Gasteiger partial charge >= 0.3 is 12.0 Å². The van der Waals surface area contributed by atoms with Crippen LogP contribution in [0.5, 0.6) is 0 Å². The molecule has 2 amide bonds. The van der Waals surface area contributed by atoms with Crippen LogP contribution in [-0.2, 0) is 9.53 Å². The summed E-state index contributed by atoms with van der Waals surface area (Å²) < 4.78 is 6.04. The minimum absolute atomic E-state index is 0.00188. The van der Waals surface area contributed by atoms with Crippen LogP contribution in [-0.4, -0.2) is 48.2 Å². The second kappa shape index (κ2) is 7.74. The van der Waals surface area contributed by atoms with Gasteiger partial charge in [-0.2, -0.15) is 0 Å². The number of amides is 2. The van der Waals surface area contributed by atoms with Crippen LogP contribution in [0.3, 0.4) is 0 Å². The number of carboxylic acid groups (broad SMARTS) is 1. The molecule has 1 aromatic carbocycles. The summed E-state index contributed by atoms with van der Waals surface area (Å²) in [6.45, 7) is 4.26. The van der Waals surface area contributed by atoms with Gasteiger partial charge in [-0.3, -0.25) is 4.79 Å². The third-order valence-corrected chi connectivity index (χ3v) is 6.95. The van der Waals surface area contributed by atoms with Crippen molar-refractivity contribution in [2.24, 2.45) is 17.3 Å². The molecule has 1 saturated carbocycles. The van der Waals surface area contributed by atoms with Crippen LogP contribution in [0, 0.1) is 24.2 Å². The van der Waals surface area contributed by atoms with Gasteiger partial charge in [0.15, 0.2) is 0 Å². The first-order chi connectivity index (χ1) is 13.5. The van der Waals surface area contributed by atoms with Gasteiger partial charge < -0.3 is 20.1 Å². The molecule has 3 aliphatic rings. The van der Waals surface area contributed by atoms with Crippen molar-refractivity contribution in [1.82, 2.24) is 10.2 Å². The van der Waals surface area contributed by atoms with Gasteiger partial charge in [-0.15, -0.1) is 0 Å². The molecule has 0 aromatic heterocycles. The molecule has 1 aliphatic carbocycles. The first-order valence-electron chi connectivity index (χ1n) is 10.4. The average Bonchev–Trinajstić information content (AvgIpc) is 3.26. The van der Waals surface area contributed by atoms with Crippen molar-refractivity contribution in [2.45, 2.75) is 45.1 Å². The van der Waals surface area contributed by atoms with E-state index in [0.717, 1.165) is 37.9 Å². The van der Waals surface area contributed by atoms with Gasteiger partial charge in [0.2, 0.25) is 0 Å². The Morgan fingerprint density at radius 1 is 1.25 bits per heavy atom. The highest BCUT2D eigenvalue weighted by Gasteiger charge is 2.55. The van der Waals surface area contributed by atoms with E-state index in [1.165, 1.54) is 5.56 Å². The number of aryl methyl sites for hydroxylation is 1. The van der Waals surface area contributed by atoms with E-state index < -0.39 is 11.4 Å². The van der Waals surface area contributed by atoms with Gasteiger partial charge in [-0.25, -0.2) is 4.79 Å². The molecular formula is C22H30N2O4. The molecule has 4 rings (SSSR count). The lowest BCUT2D eigenvalue weighted by Gasteiger charge is -2.33. The number of likely N-dealkylation sites (tertiary alicyclic amines) is 1. The molecular weight excluding hydrogens is 356 g/mol. The number of nitrogens with one attached hydrogen (secondary N) is 1. The zero-order valence-corrected chi connectivity index (χ0v) is 16.5. The Morgan fingerprint density at radius 2 is 2.04 bits per heavy atom. The summed E-state index contributed by atoms with van der Waals surface area (Å²) in [7, 11) is 0. The van der Waals surface area contributed by atoms with E-state index in [2.05, 4.69) is 36.5 Å². The van der Waals surface area contributed by atoms with E-state index in [9.17, 15) is 14.7 Å². The molecule has 2 N–H and O–H groups in total. The number of nitrogens with zero attached hydrogens (tertiary/aromatic N) is 1. The number of fused-ring (bicyclic) bond motifs is 1. The van der Waals surface area contributed by atoms with E-state index in [1.807, 2.05) is 0 Å². The standard InChI is InChI=1S/C22H30N2O4/c1-15-6-8-16(9-7-15)19-17(4-3-11-28-19)12-23-21(27)24-13-18-5-2-10-22(18,14-24)20(25)26/h6-9,17-19H,2-5,10-14H2,1H3,(H,23,27)(H,25,26)/t17?,18-,19?,22+/m0/s1. The largest absolute Gasteiger partial charge is 0.481 e. The molecule has 6 nitrogen and oxygen atoms in total. The number of carbonyl (C=O) groups is 2. The summed E-state index contributed by atoms with van der Waals surface area (Å²) in [5.74, 6) is -0.421. The van der Waals surface area contributed by atoms with Crippen LogP contribution in [0.15, 0.2) is 24.3 Å². The van der Waals surface area contributed by atoms with Crippen molar-refractivity contribution in [2.75, 3.05) is 26.2 Å². The number of aliphatic carboxylic acids is 1. The number of urea groups is 1. The molecule has 3 fully saturated rings. The first-order valence-corrected chi connectivity index (χ1v) is 10.4. The highest BCUT2D eigenvalue weighted by atomic mass is 16.5. The fourth-order valence-electron chi connectivity index (χ4n) is 5.30. The lowest BCUT2D eigenvalue weighted by Crippen LogP contribution is -2.44. The summed E-state index contributed by atoms with van der Waals surface area (Å²) in [6.07, 6.45) is 4.55. The van der Waals surface area contributed by atoms with Crippen LogP contribution in [0.1, 0.15) is 49.3 Å². The summed E-state index contributed by atoms with van der Waals surface area (Å²) in [4.78, 5) is 26.3. The smallest absolute Gasteiger partial charge is 0.317 e. The Morgan fingerprint density at radius 3 is 2.75 bits per heavy atom. The van der Waals surface area contributed by atoms with Gasteiger partial charge in [0.05, 0.1) is 11.5 Å².